The first kappa shape index (κ1) is 13.5. The Morgan fingerprint density at radius 2 is 1.78 bits per heavy atom. The van der Waals surface area contributed by atoms with E-state index in [1.807, 2.05) is 20.8 Å². The number of fused-ring (bicyclic) bond motifs is 1. The van der Waals surface area contributed by atoms with Crippen molar-refractivity contribution in [2.24, 2.45) is 11.3 Å². The van der Waals surface area contributed by atoms with Crippen LogP contribution in [0.15, 0.2) is 11.1 Å². The molecular formula is C15H22O3. The maximum atomic E-state index is 12.1. The van der Waals surface area contributed by atoms with Crippen molar-refractivity contribution in [2.75, 3.05) is 0 Å². The van der Waals surface area contributed by atoms with Gasteiger partial charge in [-0.15, -0.1) is 0 Å². The Bertz CT molecular complexity index is 443. The zero-order valence-electron chi connectivity index (χ0n) is 11.7. The fourth-order valence-corrected chi connectivity index (χ4v) is 3.38. The van der Waals surface area contributed by atoms with Gasteiger partial charge in [0.15, 0.2) is 11.6 Å². The average molecular weight is 250 g/mol. The first-order valence-electron chi connectivity index (χ1n) is 6.70. The molecule has 18 heavy (non-hydrogen) atoms. The molecule has 0 bridgehead atoms. The first-order valence-corrected chi connectivity index (χ1v) is 6.70. The third-order valence-corrected chi connectivity index (χ3v) is 4.50. The van der Waals surface area contributed by atoms with Gasteiger partial charge in [-0.2, -0.15) is 0 Å². The molecule has 0 saturated heterocycles. The van der Waals surface area contributed by atoms with Crippen LogP contribution in [-0.2, 0) is 9.59 Å². The van der Waals surface area contributed by atoms with Crippen molar-refractivity contribution in [3.8, 4) is 0 Å². The monoisotopic (exact) mass is 250 g/mol. The van der Waals surface area contributed by atoms with E-state index in [9.17, 15) is 14.7 Å². The van der Waals surface area contributed by atoms with Crippen molar-refractivity contribution in [1.82, 2.24) is 0 Å². The minimum absolute atomic E-state index is 0.127. The molecular weight excluding hydrogens is 228 g/mol. The fourth-order valence-electron chi connectivity index (χ4n) is 3.38. The van der Waals surface area contributed by atoms with Gasteiger partial charge < -0.3 is 5.11 Å². The molecule has 0 aromatic carbocycles. The molecule has 0 spiro atoms. The van der Waals surface area contributed by atoms with E-state index in [4.69, 9.17) is 0 Å². The second kappa shape index (κ2) is 4.02. The van der Waals surface area contributed by atoms with Crippen LogP contribution in [0, 0.1) is 11.3 Å². The molecule has 0 aliphatic heterocycles. The molecule has 2 atom stereocenters. The van der Waals surface area contributed by atoms with Crippen LogP contribution < -0.4 is 0 Å². The standard InChI is InChI=1S/C15H22O3/c1-9(2)13-10-5-6-15(4,18)12(17)8-14(10,3)7-11(13)16/h9,18H,5-8H2,1-4H3/t14-,15+/m1/s1. The minimum atomic E-state index is -1.23. The van der Waals surface area contributed by atoms with Crippen molar-refractivity contribution in [3.05, 3.63) is 11.1 Å². The van der Waals surface area contributed by atoms with Crippen LogP contribution in [0.3, 0.4) is 0 Å². The highest BCUT2D eigenvalue weighted by atomic mass is 16.3. The Morgan fingerprint density at radius 3 is 2.33 bits per heavy atom. The summed E-state index contributed by atoms with van der Waals surface area (Å²) in [5, 5.41) is 10.1. The summed E-state index contributed by atoms with van der Waals surface area (Å²) in [6, 6.07) is 0. The van der Waals surface area contributed by atoms with Crippen molar-refractivity contribution in [2.45, 2.75) is 59.0 Å². The number of carbonyl (C=O) groups excluding carboxylic acids is 2. The van der Waals surface area contributed by atoms with Crippen molar-refractivity contribution in [3.63, 3.8) is 0 Å². The van der Waals surface area contributed by atoms with E-state index < -0.39 is 5.60 Å². The lowest BCUT2D eigenvalue weighted by molar-refractivity contribution is -0.137. The van der Waals surface area contributed by atoms with Gasteiger partial charge in [-0.05, 0) is 31.3 Å². The summed E-state index contributed by atoms with van der Waals surface area (Å²) in [5.41, 5.74) is 0.441. The van der Waals surface area contributed by atoms with Crippen LogP contribution in [0.25, 0.3) is 0 Å². The van der Waals surface area contributed by atoms with E-state index in [0.29, 0.717) is 19.3 Å². The fraction of sp³-hybridized carbons (Fsp3) is 0.733. The Kier molecular flexibility index (Phi) is 3.01. The lowest BCUT2D eigenvalue weighted by Gasteiger charge is -2.25. The molecule has 1 saturated carbocycles. The number of Topliss-reactive ketones (excluding diaryl/α,β-unsaturated/α-hetero) is 2. The van der Waals surface area contributed by atoms with Gasteiger partial charge in [0.05, 0.1) is 0 Å². The van der Waals surface area contributed by atoms with Crippen LogP contribution in [0.1, 0.15) is 53.4 Å². The molecule has 3 nitrogen and oxygen atoms in total. The van der Waals surface area contributed by atoms with E-state index in [1.165, 1.54) is 0 Å². The van der Waals surface area contributed by atoms with Gasteiger partial charge in [0, 0.05) is 18.3 Å². The third-order valence-electron chi connectivity index (χ3n) is 4.50. The summed E-state index contributed by atoms with van der Waals surface area (Å²) >= 11 is 0. The zero-order chi connectivity index (χ0) is 13.7. The molecule has 100 valence electrons. The van der Waals surface area contributed by atoms with Crippen LogP contribution in [0.4, 0.5) is 0 Å². The van der Waals surface area contributed by atoms with E-state index in [0.717, 1.165) is 11.1 Å². The summed E-state index contributed by atoms with van der Waals surface area (Å²) in [6.45, 7) is 7.64. The molecule has 2 aliphatic rings. The number of ketones is 2. The van der Waals surface area contributed by atoms with E-state index in [1.54, 1.807) is 6.92 Å². The summed E-state index contributed by atoms with van der Waals surface area (Å²) in [7, 11) is 0. The molecule has 0 unspecified atom stereocenters. The largest absolute Gasteiger partial charge is 0.382 e. The lowest BCUT2D eigenvalue weighted by Crippen LogP contribution is -2.35. The van der Waals surface area contributed by atoms with Gasteiger partial charge in [0.1, 0.15) is 5.60 Å². The molecule has 0 heterocycles. The number of aliphatic hydroxyl groups is 1. The SMILES string of the molecule is CC(C)C1=C2CC[C@](C)(O)C(=O)C[C@@]2(C)CC1=O. The Morgan fingerprint density at radius 1 is 1.17 bits per heavy atom. The molecule has 1 N–H and O–H groups in total. The minimum Gasteiger partial charge on any atom is -0.382 e. The molecule has 0 aromatic heterocycles. The number of hydrogen-bond acceptors (Lipinski definition) is 3. The van der Waals surface area contributed by atoms with E-state index in [2.05, 4.69) is 0 Å². The molecule has 3 heteroatoms. The lowest BCUT2D eigenvalue weighted by atomic mass is 9.78. The van der Waals surface area contributed by atoms with Gasteiger partial charge in [0.2, 0.25) is 0 Å². The highest BCUT2D eigenvalue weighted by molar-refractivity contribution is 6.02. The van der Waals surface area contributed by atoms with E-state index in [-0.39, 0.29) is 29.3 Å². The summed E-state index contributed by atoms with van der Waals surface area (Å²) < 4.78 is 0. The van der Waals surface area contributed by atoms with Gasteiger partial charge in [-0.1, -0.05) is 26.3 Å². The number of hydrogen-bond donors (Lipinski definition) is 1. The molecule has 1 fully saturated rings. The maximum absolute atomic E-state index is 12.1. The second-order valence-electron chi connectivity index (χ2n) is 6.58. The van der Waals surface area contributed by atoms with Crippen molar-refractivity contribution < 1.29 is 14.7 Å². The van der Waals surface area contributed by atoms with Gasteiger partial charge in [0.25, 0.3) is 0 Å². The second-order valence-corrected chi connectivity index (χ2v) is 6.58. The molecule has 0 amide bonds. The third kappa shape index (κ3) is 1.95. The average Bonchev–Trinajstić information content (AvgIpc) is 2.41. The topological polar surface area (TPSA) is 54.4 Å². The van der Waals surface area contributed by atoms with Crippen LogP contribution in [0.2, 0.25) is 0 Å². The highest BCUT2D eigenvalue weighted by Crippen LogP contribution is 2.50. The Hall–Kier alpha value is -0.960. The molecule has 2 aliphatic carbocycles. The summed E-state index contributed by atoms with van der Waals surface area (Å²) in [5.74, 6) is 0.266. The first-order chi connectivity index (χ1) is 8.17. The highest BCUT2D eigenvalue weighted by Gasteiger charge is 2.48. The van der Waals surface area contributed by atoms with Crippen molar-refractivity contribution in [1.29, 1.82) is 0 Å². The normalized spacial score (nSPS) is 37.2. The quantitative estimate of drug-likeness (QED) is 0.777. The predicted molar refractivity (Wildman–Crippen MR) is 69.1 cm³/mol. The summed E-state index contributed by atoms with van der Waals surface area (Å²) in [4.78, 5) is 24.2. The molecule has 2 rings (SSSR count). The predicted octanol–water partition coefficient (Wildman–Crippen LogP) is 2.42. The smallest absolute Gasteiger partial charge is 0.164 e. The van der Waals surface area contributed by atoms with E-state index >= 15 is 0 Å². The number of carbonyl (C=O) groups is 2. The number of allylic oxidation sites excluding steroid dienone is 2. The van der Waals surface area contributed by atoms with Gasteiger partial charge in [-0.25, -0.2) is 0 Å². The molecule has 0 radical (unpaired) electrons. The van der Waals surface area contributed by atoms with Crippen LogP contribution in [-0.4, -0.2) is 22.3 Å². The Labute approximate surface area is 108 Å². The van der Waals surface area contributed by atoms with Crippen LogP contribution in [0.5, 0.6) is 0 Å². The Balaban J connectivity index is 2.49. The molecule has 0 aromatic rings. The number of rotatable bonds is 1. The summed E-state index contributed by atoms with van der Waals surface area (Å²) in [6.07, 6.45) is 1.81. The van der Waals surface area contributed by atoms with Gasteiger partial charge in [-0.3, -0.25) is 9.59 Å². The van der Waals surface area contributed by atoms with Gasteiger partial charge >= 0.3 is 0 Å². The zero-order valence-corrected chi connectivity index (χ0v) is 11.7. The van der Waals surface area contributed by atoms with Crippen LogP contribution >= 0.6 is 0 Å². The maximum Gasteiger partial charge on any atom is 0.164 e. The van der Waals surface area contributed by atoms with Crippen molar-refractivity contribution >= 4 is 11.6 Å².